The Labute approximate surface area is 113 Å². The van der Waals surface area contributed by atoms with Gasteiger partial charge in [-0.2, -0.15) is 0 Å². The van der Waals surface area contributed by atoms with E-state index in [1.54, 1.807) is 0 Å². The number of carbonyl (C=O) groups is 1. The molecular weight excluding hydrogens is 242 g/mol. The van der Waals surface area contributed by atoms with Crippen molar-refractivity contribution in [2.75, 3.05) is 26.4 Å². The van der Waals surface area contributed by atoms with Gasteiger partial charge < -0.3 is 14.8 Å². The van der Waals surface area contributed by atoms with Crippen LogP contribution in [0.1, 0.15) is 18.9 Å². The predicted octanol–water partition coefficient (Wildman–Crippen LogP) is 2.01. The molecule has 0 bridgehead atoms. The molecule has 1 amide bonds. The Balaban J connectivity index is 1.85. The van der Waals surface area contributed by atoms with E-state index in [-0.39, 0.29) is 5.91 Å². The third-order valence-corrected chi connectivity index (χ3v) is 2.88. The van der Waals surface area contributed by atoms with E-state index in [2.05, 4.69) is 5.32 Å². The summed E-state index contributed by atoms with van der Waals surface area (Å²) in [7, 11) is 0. The van der Waals surface area contributed by atoms with E-state index in [4.69, 9.17) is 9.47 Å². The van der Waals surface area contributed by atoms with Gasteiger partial charge in [0, 0.05) is 25.3 Å². The van der Waals surface area contributed by atoms with Crippen molar-refractivity contribution in [3.63, 3.8) is 0 Å². The SMILES string of the molecule is CCOCCCNC(=O)C1=Cc2ccccc2OC1. The second kappa shape index (κ2) is 6.95. The maximum atomic E-state index is 11.9. The number of hydrogen-bond donors (Lipinski definition) is 1. The summed E-state index contributed by atoms with van der Waals surface area (Å²) in [5, 5.41) is 2.87. The molecule has 0 atom stereocenters. The van der Waals surface area contributed by atoms with Gasteiger partial charge in [0.25, 0.3) is 5.91 Å². The highest BCUT2D eigenvalue weighted by molar-refractivity contribution is 5.99. The van der Waals surface area contributed by atoms with E-state index in [1.165, 1.54) is 0 Å². The van der Waals surface area contributed by atoms with Crippen LogP contribution in [0.2, 0.25) is 0 Å². The quantitative estimate of drug-likeness (QED) is 0.797. The average molecular weight is 261 g/mol. The third-order valence-electron chi connectivity index (χ3n) is 2.88. The molecule has 1 aliphatic rings. The molecule has 1 aromatic rings. The van der Waals surface area contributed by atoms with Crippen LogP contribution in [0.3, 0.4) is 0 Å². The van der Waals surface area contributed by atoms with Crippen LogP contribution >= 0.6 is 0 Å². The number of ether oxygens (including phenoxy) is 2. The molecule has 0 aromatic heterocycles. The van der Waals surface area contributed by atoms with E-state index in [9.17, 15) is 4.79 Å². The van der Waals surface area contributed by atoms with Gasteiger partial charge in [0.2, 0.25) is 0 Å². The van der Waals surface area contributed by atoms with Crippen molar-refractivity contribution < 1.29 is 14.3 Å². The Hall–Kier alpha value is -1.81. The first kappa shape index (κ1) is 13.6. The van der Waals surface area contributed by atoms with Crippen molar-refractivity contribution in [1.29, 1.82) is 0 Å². The van der Waals surface area contributed by atoms with E-state index in [1.807, 2.05) is 37.3 Å². The third kappa shape index (κ3) is 3.83. The molecule has 0 aliphatic carbocycles. The largest absolute Gasteiger partial charge is 0.488 e. The fourth-order valence-electron chi connectivity index (χ4n) is 1.88. The molecule has 1 N–H and O–H groups in total. The predicted molar refractivity (Wildman–Crippen MR) is 74.0 cm³/mol. The minimum absolute atomic E-state index is 0.0639. The van der Waals surface area contributed by atoms with Crippen LogP contribution in [0.15, 0.2) is 29.8 Å². The summed E-state index contributed by atoms with van der Waals surface area (Å²) in [5.74, 6) is 0.765. The topological polar surface area (TPSA) is 47.6 Å². The summed E-state index contributed by atoms with van der Waals surface area (Å²) < 4.78 is 10.8. The lowest BCUT2D eigenvalue weighted by Gasteiger charge is -2.17. The van der Waals surface area contributed by atoms with E-state index >= 15 is 0 Å². The minimum Gasteiger partial charge on any atom is -0.488 e. The molecule has 0 spiro atoms. The highest BCUT2D eigenvalue weighted by atomic mass is 16.5. The van der Waals surface area contributed by atoms with Gasteiger partial charge in [-0.15, -0.1) is 0 Å². The normalized spacial score (nSPS) is 13.2. The zero-order valence-corrected chi connectivity index (χ0v) is 11.1. The van der Waals surface area contributed by atoms with E-state index < -0.39 is 0 Å². The molecule has 0 radical (unpaired) electrons. The number of carbonyl (C=O) groups excluding carboxylic acids is 1. The maximum Gasteiger partial charge on any atom is 0.250 e. The first-order valence-electron chi connectivity index (χ1n) is 6.59. The first-order chi connectivity index (χ1) is 9.31. The van der Waals surface area contributed by atoms with Crippen molar-refractivity contribution in [3.05, 3.63) is 35.4 Å². The molecule has 1 heterocycles. The number of nitrogens with one attached hydrogen (secondary N) is 1. The minimum atomic E-state index is -0.0639. The monoisotopic (exact) mass is 261 g/mol. The fraction of sp³-hybridized carbons (Fsp3) is 0.400. The van der Waals surface area contributed by atoms with Gasteiger partial charge >= 0.3 is 0 Å². The van der Waals surface area contributed by atoms with Crippen LogP contribution in [-0.4, -0.2) is 32.3 Å². The Morgan fingerprint density at radius 3 is 3.11 bits per heavy atom. The first-order valence-corrected chi connectivity index (χ1v) is 6.59. The van der Waals surface area contributed by atoms with E-state index in [0.29, 0.717) is 31.9 Å². The molecule has 1 aromatic carbocycles. The molecule has 0 fully saturated rings. The molecule has 4 nitrogen and oxygen atoms in total. The zero-order valence-electron chi connectivity index (χ0n) is 11.1. The van der Waals surface area contributed by atoms with Gasteiger partial charge in [0.05, 0.1) is 5.57 Å². The van der Waals surface area contributed by atoms with Crippen molar-refractivity contribution in [2.45, 2.75) is 13.3 Å². The van der Waals surface area contributed by atoms with Gasteiger partial charge in [-0.05, 0) is 25.5 Å². The van der Waals surface area contributed by atoms with Crippen LogP contribution in [0.5, 0.6) is 5.75 Å². The average Bonchev–Trinajstić information content (AvgIpc) is 2.46. The van der Waals surface area contributed by atoms with Crippen molar-refractivity contribution >= 4 is 12.0 Å². The van der Waals surface area contributed by atoms with Gasteiger partial charge in [0.1, 0.15) is 12.4 Å². The van der Waals surface area contributed by atoms with E-state index in [0.717, 1.165) is 17.7 Å². The summed E-state index contributed by atoms with van der Waals surface area (Å²) in [6.45, 7) is 4.30. The summed E-state index contributed by atoms with van der Waals surface area (Å²) in [4.78, 5) is 11.9. The highest BCUT2D eigenvalue weighted by Crippen LogP contribution is 2.25. The summed E-state index contributed by atoms with van der Waals surface area (Å²) in [5.41, 5.74) is 1.61. The number of hydrogen-bond acceptors (Lipinski definition) is 3. The number of amides is 1. The summed E-state index contributed by atoms with van der Waals surface area (Å²) in [6, 6.07) is 7.70. The Bertz CT molecular complexity index is 468. The van der Waals surface area contributed by atoms with Crippen molar-refractivity contribution in [1.82, 2.24) is 5.32 Å². The molecule has 19 heavy (non-hydrogen) atoms. The van der Waals surface area contributed by atoms with Gasteiger partial charge in [0.15, 0.2) is 0 Å². The molecule has 102 valence electrons. The number of fused-ring (bicyclic) bond motifs is 1. The number of benzene rings is 1. The van der Waals surface area contributed by atoms with Gasteiger partial charge in [-0.3, -0.25) is 4.79 Å². The maximum absolute atomic E-state index is 11.9. The molecule has 0 unspecified atom stereocenters. The lowest BCUT2D eigenvalue weighted by atomic mass is 10.1. The lowest BCUT2D eigenvalue weighted by Crippen LogP contribution is -2.29. The molecule has 4 heteroatoms. The standard InChI is InChI=1S/C15H19NO3/c1-2-18-9-5-8-16-15(17)13-10-12-6-3-4-7-14(12)19-11-13/h3-4,6-7,10H,2,5,8-9,11H2,1H3,(H,16,17). The molecule has 1 aliphatic heterocycles. The molecule has 2 rings (SSSR count). The number of para-hydroxylation sites is 1. The Morgan fingerprint density at radius 2 is 2.26 bits per heavy atom. The van der Waals surface area contributed by atoms with Crippen LogP contribution < -0.4 is 10.1 Å². The van der Waals surface area contributed by atoms with Gasteiger partial charge in [-0.1, -0.05) is 18.2 Å². The lowest BCUT2D eigenvalue weighted by molar-refractivity contribution is -0.117. The highest BCUT2D eigenvalue weighted by Gasteiger charge is 2.16. The van der Waals surface area contributed by atoms with Crippen molar-refractivity contribution in [2.24, 2.45) is 0 Å². The van der Waals surface area contributed by atoms with Crippen LogP contribution in [0, 0.1) is 0 Å². The summed E-state index contributed by atoms with van der Waals surface area (Å²) >= 11 is 0. The van der Waals surface area contributed by atoms with Crippen LogP contribution in [0.25, 0.3) is 6.08 Å². The smallest absolute Gasteiger partial charge is 0.250 e. The Kier molecular flexibility index (Phi) is 4.98. The number of rotatable bonds is 6. The summed E-state index contributed by atoms with van der Waals surface area (Å²) in [6.07, 6.45) is 2.71. The van der Waals surface area contributed by atoms with Crippen LogP contribution in [-0.2, 0) is 9.53 Å². The molecule has 0 saturated heterocycles. The zero-order chi connectivity index (χ0) is 13.5. The van der Waals surface area contributed by atoms with Crippen molar-refractivity contribution in [3.8, 4) is 5.75 Å². The Morgan fingerprint density at radius 1 is 1.42 bits per heavy atom. The second-order valence-corrected chi connectivity index (χ2v) is 4.30. The molecular formula is C15H19NO3. The second-order valence-electron chi connectivity index (χ2n) is 4.30. The molecule has 0 saturated carbocycles. The fourth-order valence-corrected chi connectivity index (χ4v) is 1.88. The van der Waals surface area contributed by atoms with Crippen LogP contribution in [0.4, 0.5) is 0 Å². The van der Waals surface area contributed by atoms with Gasteiger partial charge in [-0.25, -0.2) is 0 Å².